The molecule has 0 radical (unpaired) electrons. The highest BCUT2D eigenvalue weighted by molar-refractivity contribution is 5.91. The Morgan fingerprint density at radius 1 is 1.00 bits per heavy atom. The Kier molecular flexibility index (Phi) is 3.50. The third kappa shape index (κ3) is 1.81. The van der Waals surface area contributed by atoms with Crippen LogP contribution in [-0.4, -0.2) is 31.3 Å². The van der Waals surface area contributed by atoms with Crippen LogP contribution >= 0.6 is 0 Å². The monoisotopic (exact) mass is 248 g/mol. The van der Waals surface area contributed by atoms with E-state index in [-0.39, 0.29) is 0 Å². The van der Waals surface area contributed by atoms with E-state index in [0.29, 0.717) is 17.2 Å². The van der Waals surface area contributed by atoms with Crippen LogP contribution in [0.3, 0.4) is 0 Å². The molecule has 0 bridgehead atoms. The lowest BCUT2D eigenvalue weighted by Crippen LogP contribution is -1.99. The van der Waals surface area contributed by atoms with Gasteiger partial charge in [-0.15, -0.1) is 0 Å². The SMILES string of the molecule is CCc1ncnc2c(OC)c(OC)c(OC)cc12. The molecular formula is C13H16N2O3. The minimum absolute atomic E-state index is 0.549. The van der Waals surface area contributed by atoms with Crippen molar-refractivity contribution < 1.29 is 14.2 Å². The molecule has 0 saturated heterocycles. The van der Waals surface area contributed by atoms with Crippen molar-refractivity contribution in [1.82, 2.24) is 9.97 Å². The van der Waals surface area contributed by atoms with E-state index in [2.05, 4.69) is 9.97 Å². The topological polar surface area (TPSA) is 53.5 Å². The average Bonchev–Trinajstić information content (AvgIpc) is 2.44. The normalized spacial score (nSPS) is 10.4. The molecule has 0 N–H and O–H groups in total. The molecule has 1 heterocycles. The molecule has 0 saturated carbocycles. The Morgan fingerprint density at radius 2 is 1.72 bits per heavy atom. The molecule has 1 aromatic heterocycles. The largest absolute Gasteiger partial charge is 0.493 e. The van der Waals surface area contributed by atoms with Crippen LogP contribution in [0.25, 0.3) is 10.9 Å². The average molecular weight is 248 g/mol. The molecule has 0 aliphatic rings. The molecule has 0 fully saturated rings. The van der Waals surface area contributed by atoms with E-state index in [4.69, 9.17) is 14.2 Å². The van der Waals surface area contributed by atoms with Crippen LogP contribution in [0.2, 0.25) is 0 Å². The van der Waals surface area contributed by atoms with E-state index in [1.165, 1.54) is 6.33 Å². The minimum Gasteiger partial charge on any atom is -0.493 e. The summed E-state index contributed by atoms with van der Waals surface area (Å²) in [5.74, 6) is 1.74. The van der Waals surface area contributed by atoms with Gasteiger partial charge in [0.05, 0.1) is 27.0 Å². The number of aromatic nitrogens is 2. The number of nitrogens with zero attached hydrogens (tertiary/aromatic N) is 2. The summed E-state index contributed by atoms with van der Waals surface area (Å²) in [5.41, 5.74) is 1.70. The Morgan fingerprint density at radius 3 is 2.28 bits per heavy atom. The lowest BCUT2D eigenvalue weighted by molar-refractivity contribution is 0.327. The van der Waals surface area contributed by atoms with Gasteiger partial charge >= 0.3 is 0 Å². The molecule has 5 heteroatoms. The van der Waals surface area contributed by atoms with Crippen LogP contribution in [-0.2, 0) is 6.42 Å². The number of rotatable bonds is 4. The molecule has 0 unspecified atom stereocenters. The molecule has 0 spiro atoms. The lowest BCUT2D eigenvalue weighted by Gasteiger charge is -2.14. The zero-order valence-electron chi connectivity index (χ0n) is 11.0. The summed E-state index contributed by atoms with van der Waals surface area (Å²) in [5, 5.41) is 0.925. The second-order valence-electron chi connectivity index (χ2n) is 3.72. The standard InChI is InChI=1S/C13H16N2O3/c1-5-9-8-6-10(16-2)12(17-3)13(18-4)11(8)15-7-14-9/h6-7H,5H2,1-4H3. The van der Waals surface area contributed by atoms with Gasteiger partial charge in [0.1, 0.15) is 11.8 Å². The molecule has 18 heavy (non-hydrogen) atoms. The molecule has 2 aromatic rings. The first-order valence-corrected chi connectivity index (χ1v) is 5.69. The van der Waals surface area contributed by atoms with Crippen molar-refractivity contribution in [3.05, 3.63) is 18.1 Å². The number of aryl methyl sites for hydroxylation is 1. The fourth-order valence-electron chi connectivity index (χ4n) is 2.00. The van der Waals surface area contributed by atoms with Gasteiger partial charge in [-0.25, -0.2) is 9.97 Å². The Balaban J connectivity index is 2.87. The van der Waals surface area contributed by atoms with Gasteiger partial charge in [0.2, 0.25) is 5.75 Å². The van der Waals surface area contributed by atoms with E-state index in [9.17, 15) is 0 Å². The van der Waals surface area contributed by atoms with Gasteiger partial charge in [-0.2, -0.15) is 0 Å². The van der Waals surface area contributed by atoms with Gasteiger partial charge in [0.25, 0.3) is 0 Å². The van der Waals surface area contributed by atoms with E-state index in [1.54, 1.807) is 21.3 Å². The third-order valence-corrected chi connectivity index (χ3v) is 2.85. The van der Waals surface area contributed by atoms with Gasteiger partial charge in [0.15, 0.2) is 11.5 Å². The minimum atomic E-state index is 0.549. The molecule has 1 aromatic carbocycles. The summed E-state index contributed by atoms with van der Waals surface area (Å²) in [6.07, 6.45) is 2.35. The smallest absolute Gasteiger partial charge is 0.205 e. The summed E-state index contributed by atoms with van der Waals surface area (Å²) >= 11 is 0. The predicted molar refractivity (Wildman–Crippen MR) is 68.6 cm³/mol. The van der Waals surface area contributed by atoms with Gasteiger partial charge in [-0.3, -0.25) is 0 Å². The highest BCUT2D eigenvalue weighted by atomic mass is 16.5. The van der Waals surface area contributed by atoms with Crippen LogP contribution in [0.4, 0.5) is 0 Å². The van der Waals surface area contributed by atoms with E-state index < -0.39 is 0 Å². The maximum atomic E-state index is 5.40. The quantitative estimate of drug-likeness (QED) is 0.830. The molecule has 0 aliphatic carbocycles. The molecule has 2 rings (SSSR count). The van der Waals surface area contributed by atoms with Gasteiger partial charge < -0.3 is 14.2 Å². The number of methoxy groups -OCH3 is 3. The van der Waals surface area contributed by atoms with Crippen molar-refractivity contribution in [2.75, 3.05) is 21.3 Å². The van der Waals surface area contributed by atoms with Crippen molar-refractivity contribution in [1.29, 1.82) is 0 Å². The summed E-state index contributed by atoms with van der Waals surface area (Å²) in [6.45, 7) is 2.05. The van der Waals surface area contributed by atoms with Crippen molar-refractivity contribution in [3.63, 3.8) is 0 Å². The second-order valence-corrected chi connectivity index (χ2v) is 3.72. The number of hydrogen-bond donors (Lipinski definition) is 0. The van der Waals surface area contributed by atoms with E-state index in [1.807, 2.05) is 13.0 Å². The summed E-state index contributed by atoms with van der Waals surface area (Å²) in [6, 6.07) is 1.88. The third-order valence-electron chi connectivity index (χ3n) is 2.85. The zero-order valence-corrected chi connectivity index (χ0v) is 11.0. The Bertz CT molecular complexity index is 570. The first-order valence-electron chi connectivity index (χ1n) is 5.69. The maximum absolute atomic E-state index is 5.40. The maximum Gasteiger partial charge on any atom is 0.205 e. The van der Waals surface area contributed by atoms with Crippen molar-refractivity contribution in [2.45, 2.75) is 13.3 Å². The van der Waals surface area contributed by atoms with Crippen molar-refractivity contribution >= 4 is 10.9 Å². The molecule has 5 nitrogen and oxygen atoms in total. The number of benzene rings is 1. The number of hydrogen-bond acceptors (Lipinski definition) is 5. The van der Waals surface area contributed by atoms with E-state index >= 15 is 0 Å². The van der Waals surface area contributed by atoms with Crippen molar-refractivity contribution in [3.8, 4) is 17.2 Å². The molecule has 0 aliphatic heterocycles. The van der Waals surface area contributed by atoms with Crippen LogP contribution in [0.5, 0.6) is 17.2 Å². The first-order chi connectivity index (χ1) is 8.76. The summed E-state index contributed by atoms with van der Waals surface area (Å²) in [7, 11) is 4.76. The fourth-order valence-corrected chi connectivity index (χ4v) is 2.00. The first kappa shape index (κ1) is 12.4. The van der Waals surface area contributed by atoms with Crippen LogP contribution in [0.1, 0.15) is 12.6 Å². The zero-order chi connectivity index (χ0) is 13.1. The molecule has 0 amide bonds. The van der Waals surface area contributed by atoms with Crippen LogP contribution in [0.15, 0.2) is 12.4 Å². The van der Waals surface area contributed by atoms with Crippen LogP contribution in [0, 0.1) is 0 Å². The fraction of sp³-hybridized carbons (Fsp3) is 0.385. The molecular weight excluding hydrogens is 232 g/mol. The highest BCUT2D eigenvalue weighted by Gasteiger charge is 2.18. The Labute approximate surface area is 106 Å². The summed E-state index contributed by atoms with van der Waals surface area (Å²) in [4.78, 5) is 8.54. The predicted octanol–water partition coefficient (Wildman–Crippen LogP) is 2.22. The highest BCUT2D eigenvalue weighted by Crippen LogP contribution is 2.42. The molecule has 0 atom stereocenters. The van der Waals surface area contributed by atoms with Gasteiger partial charge in [-0.05, 0) is 12.5 Å². The van der Waals surface area contributed by atoms with Crippen LogP contribution < -0.4 is 14.2 Å². The van der Waals surface area contributed by atoms with Crippen molar-refractivity contribution in [2.24, 2.45) is 0 Å². The summed E-state index contributed by atoms with van der Waals surface area (Å²) < 4.78 is 16.1. The lowest BCUT2D eigenvalue weighted by atomic mass is 10.1. The second kappa shape index (κ2) is 5.08. The number of fused-ring (bicyclic) bond motifs is 1. The van der Waals surface area contributed by atoms with Gasteiger partial charge in [0, 0.05) is 5.39 Å². The van der Waals surface area contributed by atoms with Gasteiger partial charge in [-0.1, -0.05) is 6.92 Å². The number of ether oxygens (including phenoxy) is 3. The molecule has 96 valence electrons. The Hall–Kier alpha value is -2.04. The van der Waals surface area contributed by atoms with E-state index in [0.717, 1.165) is 23.0 Å².